The Morgan fingerprint density at radius 1 is 1.07 bits per heavy atom. The Kier molecular flexibility index (Phi) is 6.10. The number of carbonyl (C=O) groups is 1. The third-order valence-corrected chi connectivity index (χ3v) is 6.65. The van der Waals surface area contributed by atoms with Gasteiger partial charge in [0.25, 0.3) is 0 Å². The molecule has 2 heterocycles. The van der Waals surface area contributed by atoms with E-state index in [0.717, 1.165) is 25.1 Å². The van der Waals surface area contributed by atoms with Crippen LogP contribution >= 0.6 is 22.9 Å². The van der Waals surface area contributed by atoms with Crippen molar-refractivity contribution in [3.05, 3.63) is 92.6 Å². The van der Waals surface area contributed by atoms with Gasteiger partial charge in [-0.25, -0.2) is 0 Å². The van der Waals surface area contributed by atoms with Crippen LogP contribution in [0.2, 0.25) is 5.02 Å². The molecule has 0 bridgehead atoms. The topological polar surface area (TPSA) is 33.5 Å². The largest absolute Gasteiger partial charge is 0.349 e. The van der Waals surface area contributed by atoms with E-state index in [-0.39, 0.29) is 11.9 Å². The Morgan fingerprint density at radius 3 is 2.61 bits per heavy atom. The van der Waals surface area contributed by atoms with Crippen LogP contribution in [0.1, 0.15) is 27.6 Å². The van der Waals surface area contributed by atoms with Gasteiger partial charge in [-0.3, -0.25) is 4.79 Å². The van der Waals surface area contributed by atoms with E-state index in [1.807, 2.05) is 24.3 Å². The molecule has 1 unspecified atom stereocenters. The highest BCUT2D eigenvalue weighted by atomic mass is 35.5. The highest BCUT2D eigenvalue weighted by Gasteiger charge is 2.29. The number of thiophene rings is 1. The van der Waals surface area contributed by atoms with E-state index in [1.165, 1.54) is 20.9 Å². The Bertz CT molecular complexity index is 924. The second-order valence-electron chi connectivity index (χ2n) is 7.28. The first-order valence-electron chi connectivity index (χ1n) is 9.65. The van der Waals surface area contributed by atoms with Crippen LogP contribution in [0.3, 0.4) is 0 Å². The van der Waals surface area contributed by atoms with E-state index in [0.29, 0.717) is 18.0 Å². The third kappa shape index (κ3) is 4.64. The van der Waals surface area contributed by atoms with Crippen molar-refractivity contribution in [2.45, 2.75) is 25.4 Å². The molecule has 1 aliphatic rings. The molecule has 3 nitrogen and oxygen atoms in total. The fourth-order valence-electron chi connectivity index (χ4n) is 3.90. The molecule has 0 saturated heterocycles. The van der Waals surface area contributed by atoms with Crippen molar-refractivity contribution in [2.75, 3.05) is 13.1 Å². The Morgan fingerprint density at radius 2 is 1.86 bits per heavy atom. The first-order chi connectivity index (χ1) is 13.7. The number of amides is 1. The van der Waals surface area contributed by atoms with Gasteiger partial charge in [0, 0.05) is 17.0 Å². The molecule has 144 valence electrons. The van der Waals surface area contributed by atoms with Crippen LogP contribution in [0.15, 0.2) is 66.0 Å². The summed E-state index contributed by atoms with van der Waals surface area (Å²) in [6, 6.07) is 20.8. The lowest BCUT2D eigenvalue weighted by atomic mass is 9.98. The average Bonchev–Trinajstić information content (AvgIpc) is 3.24. The Balaban J connectivity index is 1.43. The summed E-state index contributed by atoms with van der Waals surface area (Å²) < 4.78 is 0. The molecule has 28 heavy (non-hydrogen) atoms. The van der Waals surface area contributed by atoms with Crippen molar-refractivity contribution in [1.82, 2.24) is 5.32 Å². The van der Waals surface area contributed by atoms with Gasteiger partial charge in [0.2, 0.25) is 5.91 Å². The monoisotopic (exact) mass is 411 g/mol. The van der Waals surface area contributed by atoms with E-state index >= 15 is 0 Å². The minimum atomic E-state index is 0.0562. The van der Waals surface area contributed by atoms with Crippen LogP contribution in [-0.4, -0.2) is 19.0 Å². The maximum absolute atomic E-state index is 12.5. The molecule has 3 aromatic rings. The molecule has 1 aliphatic heterocycles. The van der Waals surface area contributed by atoms with Gasteiger partial charge in [-0.2, -0.15) is 0 Å². The molecule has 2 atom stereocenters. The van der Waals surface area contributed by atoms with Crippen molar-refractivity contribution >= 4 is 28.8 Å². The van der Waals surface area contributed by atoms with Crippen molar-refractivity contribution in [2.24, 2.45) is 0 Å². The summed E-state index contributed by atoms with van der Waals surface area (Å²) in [5, 5.41) is 5.98. The van der Waals surface area contributed by atoms with E-state index in [4.69, 9.17) is 11.6 Å². The molecule has 2 N–H and O–H groups in total. The maximum atomic E-state index is 12.5. The predicted molar refractivity (Wildman–Crippen MR) is 115 cm³/mol. The summed E-state index contributed by atoms with van der Waals surface area (Å²) in [5.41, 5.74) is 3.87. The highest BCUT2D eigenvalue weighted by Crippen LogP contribution is 2.19. The highest BCUT2D eigenvalue weighted by molar-refractivity contribution is 7.10. The number of benzene rings is 2. The van der Waals surface area contributed by atoms with Crippen LogP contribution in [0.25, 0.3) is 0 Å². The van der Waals surface area contributed by atoms with Crippen LogP contribution in [-0.2, 0) is 24.2 Å². The standard InChI is InChI=1S/C23H23ClN2OS/c24-20-9-7-17(8-10-20)14-23(27)25-15-21(22-6-3-13-28-22)26-12-11-18-4-1-2-5-19(18)16-26/h1-10,13,21H,11-12,14-16H2,(H,25,27)/p+1/t21-/m0/s1. The summed E-state index contributed by atoms with van der Waals surface area (Å²) in [7, 11) is 0. The molecule has 1 amide bonds. The summed E-state index contributed by atoms with van der Waals surface area (Å²) in [6.45, 7) is 2.75. The number of quaternary nitrogens is 1. The molecule has 0 radical (unpaired) electrons. The molecule has 2 aromatic carbocycles. The number of rotatable bonds is 6. The summed E-state index contributed by atoms with van der Waals surface area (Å²) in [6.07, 6.45) is 1.47. The van der Waals surface area contributed by atoms with E-state index < -0.39 is 0 Å². The first-order valence-corrected chi connectivity index (χ1v) is 10.9. The van der Waals surface area contributed by atoms with Gasteiger partial charge in [-0.05, 0) is 34.7 Å². The summed E-state index contributed by atoms with van der Waals surface area (Å²) in [4.78, 5) is 15.4. The number of carbonyl (C=O) groups excluding carboxylic acids is 1. The number of hydrogen-bond donors (Lipinski definition) is 2. The Hall–Kier alpha value is -2.14. The van der Waals surface area contributed by atoms with Crippen molar-refractivity contribution in [1.29, 1.82) is 0 Å². The van der Waals surface area contributed by atoms with Gasteiger partial charge in [-0.15, -0.1) is 11.3 Å². The molecule has 4 rings (SSSR count). The summed E-state index contributed by atoms with van der Waals surface area (Å²) in [5.74, 6) is 0.0562. The molecule has 0 aliphatic carbocycles. The summed E-state index contributed by atoms with van der Waals surface area (Å²) >= 11 is 7.70. The van der Waals surface area contributed by atoms with E-state index in [2.05, 4.69) is 47.1 Å². The number of fused-ring (bicyclic) bond motifs is 1. The first kappa shape index (κ1) is 19.2. The van der Waals surface area contributed by atoms with Crippen LogP contribution < -0.4 is 10.2 Å². The average molecular weight is 412 g/mol. The third-order valence-electron chi connectivity index (χ3n) is 5.41. The normalized spacial score (nSPS) is 17.0. The minimum Gasteiger partial charge on any atom is -0.349 e. The van der Waals surface area contributed by atoms with Gasteiger partial charge >= 0.3 is 0 Å². The van der Waals surface area contributed by atoms with Crippen molar-refractivity contribution < 1.29 is 9.69 Å². The number of nitrogens with one attached hydrogen (secondary N) is 2. The zero-order valence-corrected chi connectivity index (χ0v) is 17.2. The second kappa shape index (κ2) is 8.91. The van der Waals surface area contributed by atoms with Crippen LogP contribution in [0.4, 0.5) is 0 Å². The van der Waals surface area contributed by atoms with Crippen molar-refractivity contribution in [3.63, 3.8) is 0 Å². The molecule has 0 spiro atoms. The second-order valence-corrected chi connectivity index (χ2v) is 8.69. The fourth-order valence-corrected chi connectivity index (χ4v) is 4.91. The van der Waals surface area contributed by atoms with E-state index in [9.17, 15) is 4.79 Å². The molecule has 1 aromatic heterocycles. The number of halogens is 1. The van der Waals surface area contributed by atoms with E-state index in [1.54, 1.807) is 11.3 Å². The fraction of sp³-hybridized carbons (Fsp3) is 0.261. The molecule has 0 fully saturated rings. The molecule has 0 saturated carbocycles. The molecule has 5 heteroatoms. The zero-order valence-electron chi connectivity index (χ0n) is 15.7. The zero-order chi connectivity index (χ0) is 19.3. The lowest BCUT2D eigenvalue weighted by molar-refractivity contribution is -0.945. The van der Waals surface area contributed by atoms with Gasteiger partial charge < -0.3 is 10.2 Å². The lowest BCUT2D eigenvalue weighted by Gasteiger charge is -2.32. The van der Waals surface area contributed by atoms with Crippen molar-refractivity contribution in [3.8, 4) is 0 Å². The molecular weight excluding hydrogens is 388 g/mol. The van der Waals surface area contributed by atoms with Gasteiger partial charge in [0.05, 0.1) is 24.4 Å². The SMILES string of the molecule is O=C(Cc1ccc(Cl)cc1)NC[C@@H](c1cccs1)[NH+]1CCc2ccccc2C1. The smallest absolute Gasteiger partial charge is 0.224 e. The molecular formula is C23H24ClN2OS+. The van der Waals surface area contributed by atoms with Crippen LogP contribution in [0.5, 0.6) is 0 Å². The lowest BCUT2D eigenvalue weighted by Crippen LogP contribution is -3.12. The predicted octanol–water partition coefficient (Wildman–Crippen LogP) is 3.44. The maximum Gasteiger partial charge on any atom is 0.224 e. The van der Waals surface area contributed by atoms with Gasteiger partial charge in [0.15, 0.2) is 0 Å². The quantitative estimate of drug-likeness (QED) is 0.640. The Labute approximate surface area is 175 Å². The van der Waals surface area contributed by atoms with Gasteiger partial charge in [0.1, 0.15) is 12.6 Å². The number of hydrogen-bond acceptors (Lipinski definition) is 2. The minimum absolute atomic E-state index is 0.0562. The van der Waals surface area contributed by atoms with Crippen LogP contribution in [0, 0.1) is 0 Å². The van der Waals surface area contributed by atoms with Gasteiger partial charge in [-0.1, -0.05) is 54.1 Å².